The Hall–Kier alpha value is -0.0400. The molecule has 0 aliphatic carbocycles. The molecule has 0 saturated carbocycles. The Labute approximate surface area is 90.2 Å². The summed E-state index contributed by atoms with van der Waals surface area (Å²) in [6.07, 6.45) is 3.17. The second-order valence-corrected chi connectivity index (χ2v) is 5.93. The van der Waals surface area contributed by atoms with Crippen LogP contribution in [0.3, 0.4) is 0 Å². The third kappa shape index (κ3) is 6.42. The lowest BCUT2D eigenvalue weighted by Gasteiger charge is -2.30. The molecule has 86 valence electrons. The highest BCUT2D eigenvalue weighted by Gasteiger charge is 2.22. The Kier molecular flexibility index (Phi) is 5.73. The molecule has 0 aliphatic heterocycles. The number of ether oxygens (including phenoxy) is 1. The summed E-state index contributed by atoms with van der Waals surface area (Å²) >= 11 is 0. The van der Waals surface area contributed by atoms with Gasteiger partial charge in [0.2, 0.25) is 0 Å². The molecule has 14 heavy (non-hydrogen) atoms. The Balaban J connectivity index is 3.77. The summed E-state index contributed by atoms with van der Waals surface area (Å²) < 4.78 is 5.97. The van der Waals surface area contributed by atoms with Gasteiger partial charge in [0.1, 0.15) is 0 Å². The Bertz CT molecular complexity index is 144. The summed E-state index contributed by atoms with van der Waals surface area (Å²) in [5, 5.41) is 0. The van der Waals surface area contributed by atoms with E-state index < -0.39 is 0 Å². The maximum atomic E-state index is 5.97. The van der Waals surface area contributed by atoms with Gasteiger partial charge in [0.15, 0.2) is 0 Å². The third-order valence-corrected chi connectivity index (χ3v) is 2.81. The van der Waals surface area contributed by atoms with E-state index in [9.17, 15) is 0 Å². The first kappa shape index (κ1) is 14.0. The van der Waals surface area contributed by atoms with Crippen molar-refractivity contribution in [2.75, 3.05) is 0 Å². The van der Waals surface area contributed by atoms with E-state index in [0.29, 0.717) is 12.2 Å². The molecule has 2 atom stereocenters. The topological polar surface area (TPSA) is 9.23 Å². The van der Waals surface area contributed by atoms with E-state index in [1.165, 1.54) is 12.8 Å². The minimum absolute atomic E-state index is 0.256. The van der Waals surface area contributed by atoms with Gasteiger partial charge >= 0.3 is 0 Å². The molecular weight excluding hydrogens is 172 g/mol. The highest BCUT2D eigenvalue weighted by Crippen LogP contribution is 2.24. The first-order chi connectivity index (χ1) is 6.23. The summed E-state index contributed by atoms with van der Waals surface area (Å²) in [4.78, 5) is 0. The lowest BCUT2D eigenvalue weighted by Crippen LogP contribution is -2.29. The number of hydrogen-bond donors (Lipinski definition) is 0. The van der Waals surface area contributed by atoms with Gasteiger partial charge in [0.05, 0.1) is 12.2 Å². The average molecular weight is 200 g/mol. The smallest absolute Gasteiger partial charge is 0.0598 e. The van der Waals surface area contributed by atoms with Crippen molar-refractivity contribution in [3.63, 3.8) is 0 Å². The average Bonchev–Trinajstić information content (AvgIpc) is 1.99. The first-order valence-electron chi connectivity index (χ1n) is 5.89. The van der Waals surface area contributed by atoms with Crippen molar-refractivity contribution in [2.45, 2.75) is 73.5 Å². The fraction of sp³-hybridized carbons (Fsp3) is 1.00. The van der Waals surface area contributed by atoms with Crippen LogP contribution in [0, 0.1) is 11.3 Å². The lowest BCUT2D eigenvalue weighted by atomic mass is 9.90. The minimum Gasteiger partial charge on any atom is -0.375 e. The molecule has 1 nitrogen and oxygen atoms in total. The zero-order chi connectivity index (χ0) is 11.4. The maximum Gasteiger partial charge on any atom is 0.0598 e. The Morgan fingerprint density at radius 1 is 0.929 bits per heavy atom. The van der Waals surface area contributed by atoms with Crippen LogP contribution < -0.4 is 0 Å². The summed E-state index contributed by atoms with van der Waals surface area (Å²) in [6, 6.07) is 0. The molecule has 1 heteroatoms. The Morgan fingerprint density at radius 2 is 1.43 bits per heavy atom. The molecule has 2 unspecified atom stereocenters. The maximum absolute atomic E-state index is 5.97. The first-order valence-corrected chi connectivity index (χ1v) is 5.89. The van der Waals surface area contributed by atoms with E-state index >= 15 is 0 Å². The monoisotopic (exact) mass is 200 g/mol. The predicted molar refractivity (Wildman–Crippen MR) is 63.5 cm³/mol. The zero-order valence-corrected chi connectivity index (χ0v) is 11.1. The van der Waals surface area contributed by atoms with Crippen LogP contribution in [-0.4, -0.2) is 12.2 Å². The molecule has 0 saturated heterocycles. The molecule has 0 rings (SSSR count). The van der Waals surface area contributed by atoms with Gasteiger partial charge in [-0.25, -0.2) is 0 Å². The van der Waals surface area contributed by atoms with Gasteiger partial charge in [0.25, 0.3) is 0 Å². The second-order valence-electron chi connectivity index (χ2n) is 5.93. The van der Waals surface area contributed by atoms with Crippen molar-refractivity contribution < 1.29 is 4.74 Å². The quantitative estimate of drug-likeness (QED) is 0.644. The van der Waals surface area contributed by atoms with Crippen LogP contribution in [-0.2, 0) is 4.74 Å². The molecule has 0 spiro atoms. The molecule has 0 bridgehead atoms. The van der Waals surface area contributed by atoms with Gasteiger partial charge in [-0.3, -0.25) is 0 Å². The van der Waals surface area contributed by atoms with Crippen LogP contribution in [0.15, 0.2) is 0 Å². The van der Waals surface area contributed by atoms with Crippen LogP contribution in [0.2, 0.25) is 0 Å². The lowest BCUT2D eigenvalue weighted by molar-refractivity contribution is -0.0521. The minimum atomic E-state index is 0.256. The molecule has 0 aromatic carbocycles. The van der Waals surface area contributed by atoms with Crippen LogP contribution in [0.5, 0.6) is 0 Å². The third-order valence-electron chi connectivity index (χ3n) is 2.81. The summed E-state index contributed by atoms with van der Waals surface area (Å²) in [5.74, 6) is 0.783. The SMILES string of the molecule is CC(C)CCC(C)OC(C)C(C)(C)C. The summed E-state index contributed by atoms with van der Waals surface area (Å²) in [6.45, 7) is 15.6. The van der Waals surface area contributed by atoms with Crippen LogP contribution in [0.25, 0.3) is 0 Å². The molecule has 0 N–H and O–H groups in total. The molecule has 0 heterocycles. The highest BCUT2D eigenvalue weighted by molar-refractivity contribution is 4.71. The number of rotatable bonds is 5. The fourth-order valence-electron chi connectivity index (χ4n) is 1.19. The van der Waals surface area contributed by atoms with Gasteiger partial charge in [-0.1, -0.05) is 34.6 Å². The fourth-order valence-corrected chi connectivity index (χ4v) is 1.19. The molecular formula is C13H28O. The van der Waals surface area contributed by atoms with E-state index in [2.05, 4.69) is 48.5 Å². The van der Waals surface area contributed by atoms with E-state index in [1.807, 2.05) is 0 Å². The van der Waals surface area contributed by atoms with Gasteiger partial charge in [-0.2, -0.15) is 0 Å². The van der Waals surface area contributed by atoms with Gasteiger partial charge < -0.3 is 4.74 Å². The largest absolute Gasteiger partial charge is 0.375 e. The standard InChI is InChI=1S/C13H28O/c1-10(2)8-9-11(3)14-12(4)13(5,6)7/h10-12H,8-9H2,1-7H3. The molecule has 0 aromatic rings. The van der Waals surface area contributed by atoms with Crippen molar-refractivity contribution in [3.05, 3.63) is 0 Å². The van der Waals surface area contributed by atoms with Gasteiger partial charge in [-0.15, -0.1) is 0 Å². The highest BCUT2D eigenvalue weighted by atomic mass is 16.5. The predicted octanol–water partition coefficient (Wildman–Crippen LogP) is 4.26. The van der Waals surface area contributed by atoms with E-state index in [1.54, 1.807) is 0 Å². The normalized spacial score (nSPS) is 17.1. The molecule has 0 aromatic heterocycles. The van der Waals surface area contributed by atoms with E-state index in [0.717, 1.165) is 5.92 Å². The molecule has 0 aliphatic rings. The zero-order valence-electron chi connectivity index (χ0n) is 11.1. The second kappa shape index (κ2) is 5.75. The molecule has 0 amide bonds. The van der Waals surface area contributed by atoms with Crippen LogP contribution in [0.4, 0.5) is 0 Å². The number of hydrogen-bond acceptors (Lipinski definition) is 1. The van der Waals surface area contributed by atoms with Crippen molar-refractivity contribution >= 4 is 0 Å². The van der Waals surface area contributed by atoms with Crippen molar-refractivity contribution in [1.29, 1.82) is 0 Å². The Morgan fingerprint density at radius 3 is 1.79 bits per heavy atom. The van der Waals surface area contributed by atoms with Crippen molar-refractivity contribution in [2.24, 2.45) is 11.3 Å². The molecule has 0 fully saturated rings. The van der Waals surface area contributed by atoms with E-state index in [4.69, 9.17) is 4.74 Å². The van der Waals surface area contributed by atoms with Crippen molar-refractivity contribution in [1.82, 2.24) is 0 Å². The van der Waals surface area contributed by atoms with Gasteiger partial charge in [-0.05, 0) is 38.0 Å². The summed E-state index contributed by atoms with van der Waals surface area (Å²) in [5.41, 5.74) is 0.256. The van der Waals surface area contributed by atoms with Gasteiger partial charge in [0, 0.05) is 0 Å². The summed E-state index contributed by atoms with van der Waals surface area (Å²) in [7, 11) is 0. The van der Waals surface area contributed by atoms with E-state index in [-0.39, 0.29) is 5.41 Å². The van der Waals surface area contributed by atoms with Crippen LogP contribution in [0.1, 0.15) is 61.3 Å². The van der Waals surface area contributed by atoms with Crippen molar-refractivity contribution in [3.8, 4) is 0 Å². The molecule has 0 radical (unpaired) electrons. The van der Waals surface area contributed by atoms with Crippen LogP contribution >= 0.6 is 0 Å².